The lowest BCUT2D eigenvalue weighted by Crippen LogP contribution is -2.23. The molecular formula is C16H15N5O2. The van der Waals surface area contributed by atoms with Crippen molar-refractivity contribution < 1.29 is 9.90 Å². The van der Waals surface area contributed by atoms with E-state index in [4.69, 9.17) is 5.11 Å². The van der Waals surface area contributed by atoms with Gasteiger partial charge in [-0.05, 0) is 29.8 Å². The fourth-order valence-corrected chi connectivity index (χ4v) is 2.03. The molecule has 1 aromatic carbocycles. The first kappa shape index (κ1) is 14.9. The first-order valence-corrected chi connectivity index (χ1v) is 7.06. The number of nitrogens with one attached hydrogen (secondary N) is 2. The molecule has 0 spiro atoms. The zero-order chi connectivity index (χ0) is 16.1. The molecule has 2 heterocycles. The third-order valence-electron chi connectivity index (χ3n) is 3.29. The Kier molecular flexibility index (Phi) is 4.39. The molecule has 0 saturated heterocycles. The molecule has 0 radical (unpaired) electrons. The lowest BCUT2D eigenvalue weighted by Gasteiger charge is -2.03. The van der Waals surface area contributed by atoms with Crippen LogP contribution in [0.3, 0.4) is 0 Å². The van der Waals surface area contributed by atoms with Crippen LogP contribution in [0.2, 0.25) is 0 Å². The Morgan fingerprint density at radius 1 is 1.13 bits per heavy atom. The summed E-state index contributed by atoms with van der Waals surface area (Å²) < 4.78 is 0. The number of aliphatic hydroxyl groups excluding tert-OH is 1. The molecule has 1 amide bonds. The molecule has 0 aliphatic heterocycles. The molecule has 7 nitrogen and oxygen atoms in total. The van der Waals surface area contributed by atoms with Crippen LogP contribution in [0.5, 0.6) is 0 Å². The lowest BCUT2D eigenvalue weighted by atomic mass is 10.1. The minimum absolute atomic E-state index is 0.0439. The van der Waals surface area contributed by atoms with Crippen LogP contribution < -0.4 is 5.32 Å². The zero-order valence-corrected chi connectivity index (χ0v) is 12.2. The largest absolute Gasteiger partial charge is 0.392 e. The number of aromatic amines is 1. The average Bonchev–Trinajstić information content (AvgIpc) is 3.09. The Bertz CT molecular complexity index is 784. The maximum Gasteiger partial charge on any atom is 0.251 e. The van der Waals surface area contributed by atoms with Gasteiger partial charge in [0.25, 0.3) is 5.91 Å². The Morgan fingerprint density at radius 2 is 1.87 bits per heavy atom. The Balaban J connectivity index is 1.62. The van der Waals surface area contributed by atoms with E-state index in [2.05, 4.69) is 25.5 Å². The second-order valence-electron chi connectivity index (χ2n) is 4.88. The number of carbonyl (C=O) groups excluding carboxylic acids is 1. The van der Waals surface area contributed by atoms with Crippen molar-refractivity contribution in [2.45, 2.75) is 13.2 Å². The van der Waals surface area contributed by atoms with E-state index in [0.717, 1.165) is 11.1 Å². The van der Waals surface area contributed by atoms with Crippen molar-refractivity contribution in [3.8, 4) is 11.4 Å². The molecule has 0 aliphatic rings. The van der Waals surface area contributed by atoms with Gasteiger partial charge in [-0.25, -0.2) is 4.98 Å². The SMILES string of the molecule is O=C(NCc1nc(-c2ccncc2)n[nH]1)c1ccc(CO)cc1. The van der Waals surface area contributed by atoms with E-state index in [1.165, 1.54) is 0 Å². The molecule has 23 heavy (non-hydrogen) atoms. The summed E-state index contributed by atoms with van der Waals surface area (Å²) in [6, 6.07) is 10.4. The third kappa shape index (κ3) is 3.58. The molecule has 0 bridgehead atoms. The molecule has 3 N–H and O–H groups in total. The van der Waals surface area contributed by atoms with E-state index in [9.17, 15) is 4.79 Å². The Morgan fingerprint density at radius 3 is 2.57 bits per heavy atom. The minimum atomic E-state index is -0.212. The van der Waals surface area contributed by atoms with Crippen LogP contribution in [-0.2, 0) is 13.2 Å². The number of nitrogens with zero attached hydrogens (tertiary/aromatic N) is 3. The van der Waals surface area contributed by atoms with E-state index in [0.29, 0.717) is 17.2 Å². The molecule has 0 fully saturated rings. The van der Waals surface area contributed by atoms with E-state index in [-0.39, 0.29) is 19.1 Å². The maximum absolute atomic E-state index is 12.1. The van der Waals surface area contributed by atoms with E-state index < -0.39 is 0 Å². The number of H-pyrrole nitrogens is 1. The number of rotatable bonds is 5. The lowest BCUT2D eigenvalue weighted by molar-refractivity contribution is 0.0950. The minimum Gasteiger partial charge on any atom is -0.392 e. The zero-order valence-electron chi connectivity index (χ0n) is 12.2. The number of aliphatic hydroxyl groups is 1. The van der Waals surface area contributed by atoms with E-state index in [1.807, 2.05) is 12.1 Å². The second kappa shape index (κ2) is 6.80. The van der Waals surface area contributed by atoms with Crippen LogP contribution in [-0.4, -0.2) is 31.2 Å². The summed E-state index contributed by atoms with van der Waals surface area (Å²) in [6.07, 6.45) is 3.34. The molecule has 3 rings (SSSR count). The van der Waals surface area contributed by atoms with Gasteiger partial charge in [-0.15, -0.1) is 0 Å². The molecular weight excluding hydrogens is 294 g/mol. The van der Waals surface area contributed by atoms with E-state index in [1.54, 1.807) is 36.7 Å². The molecule has 3 aromatic rings. The normalized spacial score (nSPS) is 10.5. The van der Waals surface area contributed by atoms with Gasteiger partial charge in [-0.2, -0.15) is 5.10 Å². The smallest absolute Gasteiger partial charge is 0.251 e. The highest BCUT2D eigenvalue weighted by Crippen LogP contribution is 2.12. The summed E-state index contributed by atoms with van der Waals surface area (Å²) in [5.41, 5.74) is 2.14. The van der Waals surface area contributed by atoms with Gasteiger partial charge < -0.3 is 10.4 Å². The summed E-state index contributed by atoms with van der Waals surface area (Å²) in [5, 5.41) is 18.7. The number of benzene rings is 1. The molecule has 0 atom stereocenters. The van der Waals surface area contributed by atoms with E-state index >= 15 is 0 Å². The number of hydrogen-bond donors (Lipinski definition) is 3. The predicted molar refractivity (Wildman–Crippen MR) is 83.1 cm³/mol. The number of carbonyl (C=O) groups is 1. The van der Waals surface area contributed by atoms with Crippen LogP contribution in [0, 0.1) is 0 Å². The number of amides is 1. The van der Waals surface area contributed by atoms with Gasteiger partial charge in [0.05, 0.1) is 13.2 Å². The monoisotopic (exact) mass is 309 g/mol. The van der Waals surface area contributed by atoms with Crippen molar-refractivity contribution in [3.63, 3.8) is 0 Å². The number of pyridine rings is 1. The van der Waals surface area contributed by atoms with Crippen molar-refractivity contribution >= 4 is 5.91 Å². The molecule has 0 saturated carbocycles. The summed E-state index contributed by atoms with van der Waals surface area (Å²) in [7, 11) is 0. The van der Waals surface area contributed by atoms with Crippen molar-refractivity contribution in [3.05, 3.63) is 65.7 Å². The maximum atomic E-state index is 12.1. The summed E-state index contributed by atoms with van der Waals surface area (Å²) >= 11 is 0. The van der Waals surface area contributed by atoms with Crippen molar-refractivity contribution in [2.24, 2.45) is 0 Å². The van der Waals surface area contributed by atoms with Gasteiger partial charge in [0.15, 0.2) is 5.82 Å². The first-order chi connectivity index (χ1) is 11.3. The molecule has 0 unspecified atom stereocenters. The topological polar surface area (TPSA) is 104 Å². The van der Waals surface area contributed by atoms with Gasteiger partial charge in [0, 0.05) is 23.5 Å². The van der Waals surface area contributed by atoms with Crippen LogP contribution in [0.25, 0.3) is 11.4 Å². The average molecular weight is 309 g/mol. The Hall–Kier alpha value is -3.06. The fraction of sp³-hybridized carbons (Fsp3) is 0.125. The van der Waals surface area contributed by atoms with Crippen molar-refractivity contribution in [2.75, 3.05) is 0 Å². The summed E-state index contributed by atoms with van der Waals surface area (Å²) in [5.74, 6) is 0.914. The van der Waals surface area contributed by atoms with Gasteiger partial charge in [0.2, 0.25) is 0 Å². The Labute approximate surface area is 132 Å². The van der Waals surface area contributed by atoms with Crippen LogP contribution in [0.15, 0.2) is 48.8 Å². The van der Waals surface area contributed by atoms with Gasteiger partial charge in [-0.1, -0.05) is 12.1 Å². The van der Waals surface area contributed by atoms with Crippen molar-refractivity contribution in [1.29, 1.82) is 0 Å². The highest BCUT2D eigenvalue weighted by atomic mass is 16.3. The van der Waals surface area contributed by atoms with Crippen LogP contribution in [0.1, 0.15) is 21.7 Å². The second-order valence-corrected chi connectivity index (χ2v) is 4.88. The van der Waals surface area contributed by atoms with Crippen LogP contribution in [0.4, 0.5) is 0 Å². The first-order valence-electron chi connectivity index (χ1n) is 7.06. The van der Waals surface area contributed by atoms with Gasteiger partial charge >= 0.3 is 0 Å². The van der Waals surface area contributed by atoms with Gasteiger partial charge in [-0.3, -0.25) is 14.9 Å². The van der Waals surface area contributed by atoms with Gasteiger partial charge in [0.1, 0.15) is 5.82 Å². The summed E-state index contributed by atoms with van der Waals surface area (Å²) in [4.78, 5) is 20.3. The third-order valence-corrected chi connectivity index (χ3v) is 3.29. The predicted octanol–water partition coefficient (Wildman–Crippen LogP) is 1.29. The molecule has 2 aromatic heterocycles. The van der Waals surface area contributed by atoms with Crippen molar-refractivity contribution in [1.82, 2.24) is 25.5 Å². The molecule has 7 heteroatoms. The molecule has 116 valence electrons. The fourth-order valence-electron chi connectivity index (χ4n) is 2.03. The number of aromatic nitrogens is 4. The highest BCUT2D eigenvalue weighted by molar-refractivity contribution is 5.94. The number of hydrogen-bond acceptors (Lipinski definition) is 5. The quantitative estimate of drug-likeness (QED) is 0.659. The highest BCUT2D eigenvalue weighted by Gasteiger charge is 2.08. The molecule has 0 aliphatic carbocycles. The summed E-state index contributed by atoms with van der Waals surface area (Å²) in [6.45, 7) is 0.205. The van der Waals surface area contributed by atoms with Crippen LogP contribution >= 0.6 is 0 Å². The standard InChI is InChI=1S/C16H15N5O2/c22-10-11-1-3-13(4-2-11)16(23)18-9-14-19-15(21-20-14)12-5-7-17-8-6-12/h1-8,22H,9-10H2,(H,18,23)(H,19,20,21).